The molecule has 118 valence electrons. The van der Waals surface area contributed by atoms with E-state index in [2.05, 4.69) is 15.3 Å². The van der Waals surface area contributed by atoms with E-state index >= 15 is 0 Å². The molecule has 23 heavy (non-hydrogen) atoms. The Kier molecular flexibility index (Phi) is 4.36. The predicted octanol–water partition coefficient (Wildman–Crippen LogP) is 1.86. The number of anilines is 1. The van der Waals surface area contributed by atoms with Crippen LogP contribution in [0.5, 0.6) is 0 Å². The first-order valence-electron chi connectivity index (χ1n) is 6.92. The molecule has 7 nitrogen and oxygen atoms in total. The van der Waals surface area contributed by atoms with E-state index in [9.17, 15) is 14.9 Å². The van der Waals surface area contributed by atoms with Crippen LogP contribution in [-0.4, -0.2) is 34.9 Å². The second-order valence-electron chi connectivity index (χ2n) is 5.04. The second kappa shape index (κ2) is 6.44. The zero-order valence-electron chi connectivity index (χ0n) is 12.3. The molecule has 9 heteroatoms. The highest BCUT2D eigenvalue weighted by molar-refractivity contribution is 7.14. The number of aromatic nitrogens is 2. The number of nitrogens with one attached hydrogen (secondary N) is 1. The van der Waals surface area contributed by atoms with Gasteiger partial charge in [0, 0.05) is 29.5 Å². The molecular weight excluding hydrogens is 334 g/mol. The average Bonchev–Trinajstić information content (AvgIpc) is 3.22. The summed E-state index contributed by atoms with van der Waals surface area (Å²) >= 11 is 2.63. The molecule has 2 aromatic rings. The summed E-state index contributed by atoms with van der Waals surface area (Å²) in [6.45, 7) is 2.98. The molecule has 1 aliphatic heterocycles. The molecule has 0 spiro atoms. The molecule has 1 saturated heterocycles. The maximum atomic E-state index is 12.4. The lowest BCUT2D eigenvalue weighted by Crippen LogP contribution is -2.27. The number of carbonyl (C=O) groups excluding carboxylic acids is 2. The zero-order valence-corrected chi connectivity index (χ0v) is 13.9. The highest BCUT2D eigenvalue weighted by Gasteiger charge is 2.26. The van der Waals surface area contributed by atoms with Gasteiger partial charge in [0.15, 0.2) is 16.8 Å². The number of thiazole rings is 2. The molecule has 0 radical (unpaired) electrons. The minimum Gasteiger partial charge on any atom is -0.336 e. The number of rotatable bonds is 5. The van der Waals surface area contributed by atoms with E-state index in [0.29, 0.717) is 28.9 Å². The number of aryl methyl sites for hydroxylation is 1. The van der Waals surface area contributed by atoms with Gasteiger partial charge in [0.05, 0.1) is 18.2 Å². The second-order valence-corrected chi connectivity index (χ2v) is 6.76. The fraction of sp³-hybridized carbons (Fsp3) is 0.357. The Labute approximate surface area is 140 Å². The SMILES string of the molecule is Cc1csc(C(C#N)C(=O)Cc2csc(N3CCNC3=O)n2)n1. The first-order chi connectivity index (χ1) is 11.1. The largest absolute Gasteiger partial charge is 0.336 e. The van der Waals surface area contributed by atoms with Crippen molar-refractivity contribution in [3.8, 4) is 6.07 Å². The number of nitrogens with zero attached hydrogens (tertiary/aromatic N) is 4. The molecule has 2 amide bonds. The van der Waals surface area contributed by atoms with Gasteiger partial charge in [-0.15, -0.1) is 22.7 Å². The lowest BCUT2D eigenvalue weighted by molar-refractivity contribution is -0.118. The summed E-state index contributed by atoms with van der Waals surface area (Å²) < 4.78 is 0. The lowest BCUT2D eigenvalue weighted by atomic mass is 10.0. The molecule has 0 saturated carbocycles. The van der Waals surface area contributed by atoms with Crippen molar-refractivity contribution >= 4 is 39.6 Å². The van der Waals surface area contributed by atoms with E-state index in [0.717, 1.165) is 5.69 Å². The van der Waals surface area contributed by atoms with Crippen LogP contribution in [0.3, 0.4) is 0 Å². The molecule has 3 heterocycles. The quantitative estimate of drug-likeness (QED) is 0.890. The van der Waals surface area contributed by atoms with Crippen LogP contribution in [0, 0.1) is 18.3 Å². The van der Waals surface area contributed by atoms with Crippen molar-refractivity contribution in [2.24, 2.45) is 0 Å². The predicted molar refractivity (Wildman–Crippen MR) is 86.8 cm³/mol. The van der Waals surface area contributed by atoms with E-state index < -0.39 is 5.92 Å². The number of nitriles is 1. The topological polar surface area (TPSA) is 99.0 Å². The number of Topliss-reactive ketones (excluding diaryl/α,β-unsaturated/α-hetero) is 1. The Bertz CT molecular complexity index is 791. The van der Waals surface area contributed by atoms with Crippen LogP contribution < -0.4 is 10.2 Å². The summed E-state index contributed by atoms with van der Waals surface area (Å²) in [5.41, 5.74) is 1.37. The number of ketones is 1. The van der Waals surface area contributed by atoms with Crippen molar-refractivity contribution in [2.75, 3.05) is 18.0 Å². The van der Waals surface area contributed by atoms with Crippen LogP contribution in [0.15, 0.2) is 10.8 Å². The standard InChI is InChI=1S/C14H13N5O2S2/c1-8-6-22-12(17-8)10(5-15)11(20)4-9-7-23-14(18-9)19-3-2-16-13(19)21/h6-7,10H,2-4H2,1H3,(H,16,21). The smallest absolute Gasteiger partial charge is 0.323 e. The number of hydrogen-bond acceptors (Lipinski definition) is 7. The molecule has 1 fully saturated rings. The fourth-order valence-corrected chi connectivity index (χ4v) is 3.92. The van der Waals surface area contributed by atoms with Gasteiger partial charge in [-0.05, 0) is 6.92 Å². The lowest BCUT2D eigenvalue weighted by Gasteiger charge is -2.08. The highest BCUT2D eigenvalue weighted by atomic mass is 32.1. The normalized spacial score (nSPS) is 15.3. The zero-order chi connectivity index (χ0) is 16.4. The van der Waals surface area contributed by atoms with Crippen molar-refractivity contribution in [1.29, 1.82) is 5.26 Å². The molecule has 2 aromatic heterocycles. The Morgan fingerprint density at radius 1 is 1.48 bits per heavy atom. The van der Waals surface area contributed by atoms with E-state index in [1.165, 1.54) is 22.7 Å². The summed E-state index contributed by atoms with van der Waals surface area (Å²) in [6, 6.07) is 1.84. The van der Waals surface area contributed by atoms with Crippen LogP contribution >= 0.6 is 22.7 Å². The van der Waals surface area contributed by atoms with E-state index in [1.54, 1.807) is 10.3 Å². The Hall–Kier alpha value is -2.31. The van der Waals surface area contributed by atoms with Gasteiger partial charge in [-0.3, -0.25) is 9.69 Å². The number of carbonyl (C=O) groups is 2. The van der Waals surface area contributed by atoms with Gasteiger partial charge in [0.1, 0.15) is 5.01 Å². The molecular formula is C14H13N5O2S2. The summed E-state index contributed by atoms with van der Waals surface area (Å²) in [5, 5.41) is 16.6. The number of hydrogen-bond donors (Lipinski definition) is 1. The van der Waals surface area contributed by atoms with Gasteiger partial charge in [0.2, 0.25) is 0 Å². The van der Waals surface area contributed by atoms with Crippen LogP contribution in [-0.2, 0) is 11.2 Å². The molecule has 0 aliphatic carbocycles. The van der Waals surface area contributed by atoms with Crippen molar-refractivity contribution in [3.05, 3.63) is 27.2 Å². The molecule has 1 atom stereocenters. The minimum absolute atomic E-state index is 0.0583. The van der Waals surface area contributed by atoms with Crippen molar-refractivity contribution in [3.63, 3.8) is 0 Å². The minimum atomic E-state index is -0.867. The van der Waals surface area contributed by atoms with Crippen molar-refractivity contribution in [2.45, 2.75) is 19.3 Å². The molecule has 0 aromatic carbocycles. The highest BCUT2D eigenvalue weighted by Crippen LogP contribution is 2.25. The van der Waals surface area contributed by atoms with Crippen molar-refractivity contribution < 1.29 is 9.59 Å². The van der Waals surface area contributed by atoms with Crippen LogP contribution in [0.1, 0.15) is 22.3 Å². The van der Waals surface area contributed by atoms with Gasteiger partial charge < -0.3 is 5.32 Å². The Morgan fingerprint density at radius 2 is 2.30 bits per heavy atom. The Morgan fingerprint density at radius 3 is 2.91 bits per heavy atom. The average molecular weight is 347 g/mol. The van der Waals surface area contributed by atoms with E-state index in [4.69, 9.17) is 0 Å². The molecule has 1 aliphatic rings. The van der Waals surface area contributed by atoms with Crippen molar-refractivity contribution in [1.82, 2.24) is 15.3 Å². The molecule has 1 unspecified atom stereocenters. The maximum Gasteiger partial charge on any atom is 0.323 e. The summed E-state index contributed by atoms with van der Waals surface area (Å²) in [7, 11) is 0. The van der Waals surface area contributed by atoms with Crippen LogP contribution in [0.25, 0.3) is 0 Å². The van der Waals surface area contributed by atoms with Gasteiger partial charge >= 0.3 is 6.03 Å². The summed E-state index contributed by atoms with van der Waals surface area (Å²) in [4.78, 5) is 34.1. The van der Waals surface area contributed by atoms with Gasteiger partial charge in [-0.25, -0.2) is 14.8 Å². The number of urea groups is 1. The number of amides is 2. The first kappa shape index (κ1) is 15.6. The van der Waals surface area contributed by atoms with E-state index in [1.807, 2.05) is 18.4 Å². The van der Waals surface area contributed by atoms with Gasteiger partial charge in [-0.1, -0.05) is 0 Å². The third-order valence-corrected chi connectivity index (χ3v) is 5.26. The third-order valence-electron chi connectivity index (χ3n) is 3.32. The fourth-order valence-electron chi connectivity index (χ4n) is 2.21. The maximum absolute atomic E-state index is 12.4. The summed E-state index contributed by atoms with van der Waals surface area (Å²) in [6.07, 6.45) is 0.0583. The van der Waals surface area contributed by atoms with Crippen LogP contribution in [0.4, 0.5) is 9.93 Å². The molecule has 3 rings (SSSR count). The summed E-state index contributed by atoms with van der Waals surface area (Å²) in [5.74, 6) is -1.10. The Balaban J connectivity index is 1.71. The van der Waals surface area contributed by atoms with Gasteiger partial charge in [0.25, 0.3) is 0 Å². The first-order valence-corrected chi connectivity index (χ1v) is 8.68. The molecule has 1 N–H and O–H groups in total. The van der Waals surface area contributed by atoms with Crippen LogP contribution in [0.2, 0.25) is 0 Å². The monoisotopic (exact) mass is 347 g/mol. The third kappa shape index (κ3) is 3.23. The van der Waals surface area contributed by atoms with E-state index in [-0.39, 0.29) is 18.2 Å². The molecule has 0 bridgehead atoms. The van der Waals surface area contributed by atoms with Gasteiger partial charge in [-0.2, -0.15) is 5.26 Å².